The van der Waals surface area contributed by atoms with E-state index in [1.54, 1.807) is 13.8 Å². The summed E-state index contributed by atoms with van der Waals surface area (Å²) in [5, 5.41) is 7.83. The van der Waals surface area contributed by atoms with Gasteiger partial charge in [0.1, 0.15) is 18.5 Å². The zero-order chi connectivity index (χ0) is 18.9. The predicted molar refractivity (Wildman–Crippen MR) is 84.4 cm³/mol. The van der Waals surface area contributed by atoms with Crippen LogP contribution in [0.2, 0.25) is 0 Å². The molecule has 3 aromatic rings. The zero-order valence-electron chi connectivity index (χ0n) is 14.6. The molecule has 3 aromatic heterocycles. The van der Waals surface area contributed by atoms with Crippen molar-refractivity contribution in [3.63, 3.8) is 0 Å². The molecular formula is C16H18F3N5O2. The fourth-order valence-corrected chi connectivity index (χ4v) is 2.64. The molecule has 0 aromatic carbocycles. The molecule has 0 amide bonds. The summed E-state index contributed by atoms with van der Waals surface area (Å²) < 4.78 is 49.3. The summed E-state index contributed by atoms with van der Waals surface area (Å²) in [6, 6.07) is 0. The Bertz CT molecular complexity index is 894. The molecule has 3 heterocycles. The highest BCUT2D eigenvalue weighted by atomic mass is 19.4. The van der Waals surface area contributed by atoms with E-state index in [4.69, 9.17) is 8.94 Å². The van der Waals surface area contributed by atoms with Crippen molar-refractivity contribution in [3.05, 3.63) is 35.0 Å². The van der Waals surface area contributed by atoms with Crippen LogP contribution >= 0.6 is 0 Å². The number of nitrogens with zero attached hydrogens (tertiary/aromatic N) is 5. The molecule has 0 saturated carbocycles. The van der Waals surface area contributed by atoms with Crippen LogP contribution in [0.4, 0.5) is 13.2 Å². The van der Waals surface area contributed by atoms with Gasteiger partial charge in [0.15, 0.2) is 5.89 Å². The van der Waals surface area contributed by atoms with Gasteiger partial charge >= 0.3 is 6.18 Å². The molecule has 3 rings (SSSR count). The van der Waals surface area contributed by atoms with Gasteiger partial charge in [-0.25, -0.2) is 4.98 Å². The quantitative estimate of drug-likeness (QED) is 0.660. The van der Waals surface area contributed by atoms with Gasteiger partial charge in [-0.2, -0.15) is 23.3 Å². The highest BCUT2D eigenvalue weighted by Crippen LogP contribution is 2.23. The van der Waals surface area contributed by atoms with Gasteiger partial charge in [-0.05, 0) is 20.3 Å². The topological polar surface area (TPSA) is 82.8 Å². The Morgan fingerprint density at radius 3 is 2.62 bits per heavy atom. The third-order valence-corrected chi connectivity index (χ3v) is 3.90. The van der Waals surface area contributed by atoms with Crippen molar-refractivity contribution >= 4 is 0 Å². The lowest BCUT2D eigenvalue weighted by atomic mass is 10.1. The number of oxazole rings is 1. The maximum absolute atomic E-state index is 12.6. The molecule has 0 atom stereocenters. The number of halogens is 3. The third kappa shape index (κ3) is 3.94. The van der Waals surface area contributed by atoms with E-state index in [9.17, 15) is 13.2 Å². The van der Waals surface area contributed by atoms with E-state index >= 15 is 0 Å². The number of aromatic nitrogens is 5. The Labute approximate surface area is 147 Å². The van der Waals surface area contributed by atoms with Gasteiger partial charge < -0.3 is 8.94 Å². The van der Waals surface area contributed by atoms with Crippen molar-refractivity contribution in [2.24, 2.45) is 0 Å². The van der Waals surface area contributed by atoms with E-state index < -0.39 is 12.7 Å². The van der Waals surface area contributed by atoms with Crippen LogP contribution in [0.1, 0.15) is 42.1 Å². The maximum Gasteiger partial charge on any atom is 0.408 e. The minimum Gasteiger partial charge on any atom is -0.448 e. The average molecular weight is 369 g/mol. The van der Waals surface area contributed by atoms with E-state index in [0.29, 0.717) is 35.0 Å². The minimum atomic E-state index is -4.33. The Morgan fingerprint density at radius 2 is 1.92 bits per heavy atom. The molecule has 0 saturated heterocycles. The van der Waals surface area contributed by atoms with E-state index in [1.807, 2.05) is 6.92 Å². The Morgan fingerprint density at radius 1 is 1.15 bits per heavy atom. The van der Waals surface area contributed by atoms with Crippen LogP contribution in [0, 0.1) is 13.8 Å². The number of hydrogen-bond acceptors (Lipinski definition) is 6. The van der Waals surface area contributed by atoms with E-state index in [2.05, 4.69) is 20.2 Å². The standard InChI is InChI=1S/C16H18F3N5O2/c1-4-5-13-20-12(7-25-13)15-21-14(26-23-15)6-11-9(2)22-24(10(11)3)8-16(17,18)19/h7H,4-6,8H2,1-3H3. The van der Waals surface area contributed by atoms with Crippen LogP contribution in [0.5, 0.6) is 0 Å². The molecule has 0 N–H and O–H groups in total. The Hall–Kier alpha value is -2.65. The SMILES string of the molecule is CCCc1nc(-c2noc(Cc3c(C)nn(CC(F)(F)F)c3C)n2)co1. The smallest absolute Gasteiger partial charge is 0.408 e. The summed E-state index contributed by atoms with van der Waals surface area (Å²) in [5.41, 5.74) is 2.02. The Balaban J connectivity index is 1.79. The minimum absolute atomic E-state index is 0.197. The molecule has 0 aliphatic heterocycles. The lowest BCUT2D eigenvalue weighted by Gasteiger charge is -2.08. The summed E-state index contributed by atoms with van der Waals surface area (Å²) >= 11 is 0. The lowest BCUT2D eigenvalue weighted by molar-refractivity contribution is -0.142. The van der Waals surface area contributed by atoms with Crippen molar-refractivity contribution in [1.29, 1.82) is 0 Å². The van der Waals surface area contributed by atoms with Crippen LogP contribution in [0.3, 0.4) is 0 Å². The van der Waals surface area contributed by atoms with Crippen molar-refractivity contribution in [2.75, 3.05) is 0 Å². The molecule has 7 nitrogen and oxygen atoms in total. The molecule has 0 fully saturated rings. The first-order valence-electron chi connectivity index (χ1n) is 8.13. The van der Waals surface area contributed by atoms with E-state index in [0.717, 1.165) is 11.1 Å². The molecule has 0 unspecified atom stereocenters. The highest BCUT2D eigenvalue weighted by molar-refractivity contribution is 5.46. The summed E-state index contributed by atoms with van der Waals surface area (Å²) in [4.78, 5) is 8.53. The largest absolute Gasteiger partial charge is 0.448 e. The second kappa shape index (κ2) is 6.93. The molecule has 0 aliphatic rings. The number of hydrogen-bond donors (Lipinski definition) is 0. The summed E-state index contributed by atoms with van der Waals surface area (Å²) in [6.45, 7) is 4.13. The van der Waals surface area contributed by atoms with Gasteiger partial charge in [0.05, 0.1) is 12.1 Å². The van der Waals surface area contributed by atoms with E-state index in [1.165, 1.54) is 6.26 Å². The van der Waals surface area contributed by atoms with Gasteiger partial charge in [-0.1, -0.05) is 12.1 Å². The molecule has 0 radical (unpaired) electrons. The van der Waals surface area contributed by atoms with Crippen LogP contribution in [-0.2, 0) is 19.4 Å². The van der Waals surface area contributed by atoms with Gasteiger partial charge in [-0.15, -0.1) is 0 Å². The van der Waals surface area contributed by atoms with Crippen molar-refractivity contribution < 1.29 is 22.1 Å². The first-order chi connectivity index (χ1) is 12.3. The monoisotopic (exact) mass is 369 g/mol. The van der Waals surface area contributed by atoms with Crippen molar-refractivity contribution in [1.82, 2.24) is 24.9 Å². The van der Waals surface area contributed by atoms with Crippen molar-refractivity contribution in [2.45, 2.75) is 52.8 Å². The van der Waals surface area contributed by atoms with Crippen LogP contribution in [-0.4, -0.2) is 31.1 Å². The summed E-state index contributed by atoms with van der Waals surface area (Å²) in [5.74, 6) is 1.15. The van der Waals surface area contributed by atoms with Crippen LogP contribution in [0.25, 0.3) is 11.5 Å². The maximum atomic E-state index is 12.6. The zero-order valence-corrected chi connectivity index (χ0v) is 14.6. The molecule has 26 heavy (non-hydrogen) atoms. The molecule has 140 valence electrons. The van der Waals surface area contributed by atoms with E-state index in [-0.39, 0.29) is 18.1 Å². The predicted octanol–water partition coefficient (Wildman–Crippen LogP) is 3.64. The Kier molecular flexibility index (Phi) is 4.84. The molecule has 0 bridgehead atoms. The molecule has 10 heteroatoms. The summed E-state index contributed by atoms with van der Waals surface area (Å²) in [7, 11) is 0. The van der Waals surface area contributed by atoms with Crippen LogP contribution < -0.4 is 0 Å². The lowest BCUT2D eigenvalue weighted by Crippen LogP contribution is -2.19. The first kappa shape index (κ1) is 18.2. The number of alkyl halides is 3. The third-order valence-electron chi connectivity index (χ3n) is 3.90. The fraction of sp³-hybridized carbons (Fsp3) is 0.500. The summed E-state index contributed by atoms with van der Waals surface area (Å²) in [6.07, 6.45) is -1.07. The fourth-order valence-electron chi connectivity index (χ4n) is 2.64. The average Bonchev–Trinajstić information content (AvgIpc) is 3.23. The van der Waals surface area contributed by atoms with Gasteiger partial charge in [0, 0.05) is 17.7 Å². The molecular weight excluding hydrogens is 351 g/mol. The number of aryl methyl sites for hydroxylation is 2. The number of rotatable bonds is 6. The molecule has 0 aliphatic carbocycles. The second-order valence-corrected chi connectivity index (χ2v) is 5.99. The normalized spacial score (nSPS) is 12.1. The van der Waals surface area contributed by atoms with Gasteiger partial charge in [0.25, 0.3) is 0 Å². The van der Waals surface area contributed by atoms with Gasteiger partial charge in [0.2, 0.25) is 11.7 Å². The second-order valence-electron chi connectivity index (χ2n) is 5.99. The van der Waals surface area contributed by atoms with Crippen LogP contribution in [0.15, 0.2) is 15.2 Å². The van der Waals surface area contributed by atoms with Gasteiger partial charge in [-0.3, -0.25) is 4.68 Å². The van der Waals surface area contributed by atoms with Crippen molar-refractivity contribution in [3.8, 4) is 11.5 Å². The molecule has 0 spiro atoms. The first-order valence-corrected chi connectivity index (χ1v) is 8.13. The highest BCUT2D eigenvalue weighted by Gasteiger charge is 2.30.